The summed E-state index contributed by atoms with van der Waals surface area (Å²) in [5.74, 6) is -0.0625. The first-order chi connectivity index (χ1) is 12.7. The Morgan fingerprint density at radius 3 is 2.21 bits per heavy atom. The van der Waals surface area contributed by atoms with Gasteiger partial charge in [-0.1, -0.05) is 45.0 Å². The molecule has 2 aromatic carbocycles. The molecule has 0 spiro atoms. The number of para-hydroxylation sites is 1. The van der Waals surface area contributed by atoms with E-state index in [-0.39, 0.29) is 31.6 Å². The number of hydrogen-bond acceptors (Lipinski definition) is 3. The molecule has 0 saturated heterocycles. The number of hydrogen-bond donors (Lipinski definition) is 1. The number of carbonyl (C=O) groups excluding carboxylic acids is 1. The largest absolute Gasteiger partial charge is 0.512 e. The molecule has 0 aliphatic carbocycles. The Labute approximate surface area is 180 Å². The third-order valence-corrected chi connectivity index (χ3v) is 4.32. The molecule has 3 aromatic rings. The van der Waals surface area contributed by atoms with E-state index >= 15 is 0 Å². The Morgan fingerprint density at radius 1 is 1.00 bits per heavy atom. The molecule has 1 N–H and O–H groups in total. The topological polar surface area (TPSA) is 50.2 Å². The van der Waals surface area contributed by atoms with Gasteiger partial charge in [0.25, 0.3) is 0 Å². The van der Waals surface area contributed by atoms with Crippen molar-refractivity contribution in [2.75, 3.05) is 0 Å². The number of pyridine rings is 1. The van der Waals surface area contributed by atoms with Gasteiger partial charge in [0.1, 0.15) is 0 Å². The van der Waals surface area contributed by atoms with E-state index in [0.717, 1.165) is 16.8 Å². The second kappa shape index (κ2) is 10.3. The van der Waals surface area contributed by atoms with Gasteiger partial charge in [-0.25, -0.2) is 0 Å². The first-order valence-electron chi connectivity index (χ1n) is 8.93. The molecule has 1 aromatic heterocycles. The summed E-state index contributed by atoms with van der Waals surface area (Å²) in [6.45, 7) is 11.4. The zero-order valence-corrected chi connectivity index (χ0v) is 19.6. The average molecular weight is 553 g/mol. The Hall–Kier alpha value is -2.29. The van der Waals surface area contributed by atoms with Gasteiger partial charge in [0.05, 0.1) is 11.3 Å². The number of rotatable bonds is 2. The van der Waals surface area contributed by atoms with Crippen LogP contribution in [0.1, 0.15) is 36.1 Å². The molecule has 3 rings (SSSR count). The summed E-state index contributed by atoms with van der Waals surface area (Å²) < 4.78 is 0. The summed E-state index contributed by atoms with van der Waals surface area (Å²) in [7, 11) is 0. The van der Waals surface area contributed by atoms with E-state index in [0.29, 0.717) is 0 Å². The molecule has 0 atom stereocenters. The zero-order chi connectivity index (χ0) is 20.1. The third-order valence-electron chi connectivity index (χ3n) is 4.32. The standard InChI is InChI=1S/C19H18N.C5H8O2.Ir/c1-12-9-14(3)17(10-13(12)2)19-11-15(4)16-7-5-6-8-18(16)20-19;1-4(6)3-5(2)7;/h5-9,11H,1-4H3;3,6H,1-2H3;/q-1;;/b;4-3-;. The molecule has 0 aliphatic rings. The van der Waals surface area contributed by atoms with E-state index in [2.05, 4.69) is 64.1 Å². The van der Waals surface area contributed by atoms with E-state index in [9.17, 15) is 4.79 Å². The molecule has 0 aliphatic heterocycles. The fourth-order valence-corrected chi connectivity index (χ4v) is 2.93. The van der Waals surface area contributed by atoms with E-state index in [1.807, 2.05) is 6.07 Å². The predicted molar refractivity (Wildman–Crippen MR) is 112 cm³/mol. The van der Waals surface area contributed by atoms with E-state index in [1.165, 1.54) is 47.6 Å². The average Bonchev–Trinajstić information content (AvgIpc) is 2.57. The normalized spacial score (nSPS) is 10.7. The molecule has 0 amide bonds. The number of aliphatic hydroxyl groups is 1. The van der Waals surface area contributed by atoms with Crippen molar-refractivity contribution in [1.82, 2.24) is 4.98 Å². The molecule has 3 nitrogen and oxygen atoms in total. The van der Waals surface area contributed by atoms with Crippen molar-refractivity contribution in [1.29, 1.82) is 0 Å². The minimum Gasteiger partial charge on any atom is -0.512 e. The summed E-state index contributed by atoms with van der Waals surface area (Å²) in [5, 5.41) is 9.58. The summed E-state index contributed by atoms with van der Waals surface area (Å²) in [6, 6.07) is 16.2. The second-order valence-electron chi connectivity index (χ2n) is 6.87. The van der Waals surface area contributed by atoms with Gasteiger partial charge in [0, 0.05) is 31.6 Å². The first-order valence-corrected chi connectivity index (χ1v) is 8.93. The van der Waals surface area contributed by atoms with Crippen molar-refractivity contribution in [2.24, 2.45) is 0 Å². The maximum absolute atomic E-state index is 10.0. The van der Waals surface area contributed by atoms with Gasteiger partial charge in [0.15, 0.2) is 5.78 Å². The number of ketones is 1. The van der Waals surface area contributed by atoms with Crippen LogP contribution in [0.4, 0.5) is 0 Å². The van der Waals surface area contributed by atoms with Gasteiger partial charge in [-0.15, -0.1) is 34.4 Å². The number of benzene rings is 2. The number of fused-ring (bicyclic) bond motifs is 1. The van der Waals surface area contributed by atoms with Gasteiger partial charge in [0.2, 0.25) is 0 Å². The summed E-state index contributed by atoms with van der Waals surface area (Å²) in [5.41, 5.74) is 8.14. The molecule has 0 bridgehead atoms. The molecular weight excluding hydrogens is 526 g/mol. The van der Waals surface area contributed by atoms with E-state index in [1.54, 1.807) is 0 Å². The van der Waals surface area contributed by atoms with Gasteiger partial charge in [-0.2, -0.15) is 0 Å². The molecular formula is C24H26IrNO2-. The summed E-state index contributed by atoms with van der Waals surface area (Å²) >= 11 is 0. The van der Waals surface area contributed by atoms with Crippen LogP contribution in [-0.4, -0.2) is 15.9 Å². The summed E-state index contributed by atoms with van der Waals surface area (Å²) in [4.78, 5) is 14.8. The molecule has 4 heteroatoms. The molecule has 1 radical (unpaired) electrons. The van der Waals surface area contributed by atoms with Crippen LogP contribution in [0.15, 0.2) is 48.2 Å². The van der Waals surface area contributed by atoms with Crippen LogP contribution in [0, 0.1) is 33.8 Å². The van der Waals surface area contributed by atoms with Crippen LogP contribution < -0.4 is 0 Å². The molecule has 149 valence electrons. The van der Waals surface area contributed by atoms with Gasteiger partial charge < -0.3 is 5.11 Å². The van der Waals surface area contributed by atoms with Gasteiger partial charge in [-0.05, 0) is 38.1 Å². The number of nitrogens with zero attached hydrogens (tertiary/aromatic N) is 1. The SMILES string of the molecule is CC(=O)/C=C(/C)O.Cc1[c-]c(-c2cc(C)c3ccccc3n2)c(C)cc1C.[Ir]. The van der Waals surface area contributed by atoms with Crippen molar-refractivity contribution < 1.29 is 30.0 Å². The number of carbonyl (C=O) groups is 1. The Morgan fingerprint density at radius 2 is 1.64 bits per heavy atom. The second-order valence-corrected chi connectivity index (χ2v) is 6.87. The van der Waals surface area contributed by atoms with Crippen molar-refractivity contribution in [3.8, 4) is 11.3 Å². The van der Waals surface area contributed by atoms with E-state index < -0.39 is 0 Å². The van der Waals surface area contributed by atoms with E-state index in [4.69, 9.17) is 10.1 Å². The van der Waals surface area contributed by atoms with Crippen molar-refractivity contribution in [3.05, 3.63) is 76.6 Å². The number of aliphatic hydroxyl groups excluding tert-OH is 1. The van der Waals surface area contributed by atoms with Gasteiger partial charge >= 0.3 is 0 Å². The number of aromatic nitrogens is 1. The maximum atomic E-state index is 10.0. The zero-order valence-electron chi connectivity index (χ0n) is 17.2. The van der Waals surface area contributed by atoms with Gasteiger partial charge in [-0.3, -0.25) is 9.78 Å². The molecule has 1 heterocycles. The predicted octanol–water partition coefficient (Wildman–Crippen LogP) is 5.97. The summed E-state index contributed by atoms with van der Waals surface area (Å²) in [6.07, 6.45) is 1.17. The first kappa shape index (κ1) is 23.7. The van der Waals surface area contributed by atoms with Crippen molar-refractivity contribution in [2.45, 2.75) is 41.5 Å². The van der Waals surface area contributed by atoms with Crippen molar-refractivity contribution in [3.63, 3.8) is 0 Å². The number of allylic oxidation sites excluding steroid dienone is 2. The van der Waals surface area contributed by atoms with Crippen LogP contribution in [0.5, 0.6) is 0 Å². The fraction of sp³-hybridized carbons (Fsp3) is 0.250. The quantitative estimate of drug-likeness (QED) is 0.242. The van der Waals surface area contributed by atoms with Crippen LogP contribution in [0.25, 0.3) is 22.2 Å². The Kier molecular flexibility index (Phi) is 8.74. The molecule has 0 fully saturated rings. The van der Waals surface area contributed by atoms with Crippen molar-refractivity contribution >= 4 is 16.7 Å². The molecule has 0 saturated carbocycles. The molecule has 28 heavy (non-hydrogen) atoms. The number of aryl methyl sites for hydroxylation is 4. The van der Waals surface area contributed by atoms with Crippen LogP contribution >= 0.6 is 0 Å². The van der Waals surface area contributed by atoms with Crippen LogP contribution in [-0.2, 0) is 24.9 Å². The third kappa shape index (κ3) is 6.12. The van der Waals surface area contributed by atoms with Crippen LogP contribution in [0.3, 0.4) is 0 Å². The maximum Gasteiger partial charge on any atom is 0.155 e. The molecule has 0 unspecified atom stereocenters. The minimum atomic E-state index is -0.125. The minimum absolute atomic E-state index is 0. The Balaban J connectivity index is 0.000000425. The smallest absolute Gasteiger partial charge is 0.155 e. The fourth-order valence-electron chi connectivity index (χ4n) is 2.93. The monoisotopic (exact) mass is 553 g/mol. The Bertz CT molecular complexity index is 1020. The van der Waals surface area contributed by atoms with Crippen LogP contribution in [0.2, 0.25) is 0 Å².